The van der Waals surface area contributed by atoms with Gasteiger partial charge in [-0.3, -0.25) is 14.2 Å². The summed E-state index contributed by atoms with van der Waals surface area (Å²) < 4.78 is 34.3. The standard InChI is InChI=1S/C80H132NO8P/c1-6-8-10-12-14-16-18-20-22-24-26-28-30-32-34-36-37-38-39-40-41-42-43-45-47-49-51-53-55-57-59-61-63-65-67-69-71-73-80(83)89-78(77-88-90(84,85)87-75-74-81(3,4)5)76-86-79(82)72-70-68-66-64-62-60-58-56-54-52-50-48-46-44-35-33-31-29-27-25-23-21-19-17-15-13-11-9-7-2/h8-11,14-17,20-23,26-29,32-35,37-38,40-41,46,48,52,54,78H,6-7,12-13,18-19,24-25,30-31,36,39,42-45,47,49-51,53,55-77H2,1-5H3/b10-8-,11-9-,16-14-,17-15-,22-20-,23-21-,28-26-,29-27-,34-32-,35-33-,38-37-,41-40-,48-46-,54-52-. The maximum atomic E-state index is 12.9. The summed E-state index contributed by atoms with van der Waals surface area (Å²) in [5.74, 6) is -0.852. The molecule has 0 aliphatic heterocycles. The first kappa shape index (κ1) is 85.4. The second kappa shape index (κ2) is 68.7. The fourth-order valence-electron chi connectivity index (χ4n) is 9.32. The smallest absolute Gasteiger partial charge is 0.306 e. The first-order valence-corrected chi connectivity index (χ1v) is 37.3. The quantitative estimate of drug-likeness (QED) is 0.0195. The zero-order chi connectivity index (χ0) is 65.5. The van der Waals surface area contributed by atoms with Crippen LogP contribution in [0.5, 0.6) is 0 Å². The van der Waals surface area contributed by atoms with Crippen LogP contribution in [0.15, 0.2) is 170 Å². The molecule has 9 nitrogen and oxygen atoms in total. The Hall–Kier alpha value is -4.63. The lowest BCUT2D eigenvalue weighted by atomic mass is 10.0. The van der Waals surface area contributed by atoms with Crippen LogP contribution in [0.3, 0.4) is 0 Å². The number of phosphoric ester groups is 1. The molecule has 2 unspecified atom stereocenters. The maximum Gasteiger partial charge on any atom is 0.306 e. The molecule has 0 radical (unpaired) electrons. The van der Waals surface area contributed by atoms with E-state index in [1.54, 1.807) is 0 Å². The van der Waals surface area contributed by atoms with Crippen molar-refractivity contribution >= 4 is 19.8 Å². The van der Waals surface area contributed by atoms with Crippen LogP contribution in [0.1, 0.15) is 271 Å². The molecule has 0 heterocycles. The SMILES string of the molecule is CC/C=C\C/C=C\C/C=C\C/C=C\C/C=C\C/C=C\C/C=C\CCCCCCCCCCCCCCCCCC(=O)OC(COC(=O)CCCCCCCCC/C=C\C/C=C\C/C=C\C/C=C\C/C=C\C/C=C\C/C=C\CC)COP(=O)([O-])OCC[N+](C)(C)C. The zero-order valence-corrected chi connectivity index (χ0v) is 58.9. The lowest BCUT2D eigenvalue weighted by Crippen LogP contribution is -2.37. The highest BCUT2D eigenvalue weighted by atomic mass is 31.2. The molecule has 2 atom stereocenters. The van der Waals surface area contributed by atoms with Gasteiger partial charge in [-0.1, -0.05) is 300 Å². The van der Waals surface area contributed by atoms with Crippen molar-refractivity contribution in [3.05, 3.63) is 170 Å². The minimum absolute atomic E-state index is 0.0407. The largest absolute Gasteiger partial charge is 0.756 e. The van der Waals surface area contributed by atoms with Gasteiger partial charge in [-0.05, 0) is 128 Å². The van der Waals surface area contributed by atoms with Crippen LogP contribution in [0.25, 0.3) is 0 Å². The van der Waals surface area contributed by atoms with Crippen molar-refractivity contribution in [1.29, 1.82) is 0 Å². The molecule has 0 amide bonds. The van der Waals surface area contributed by atoms with E-state index in [0.29, 0.717) is 23.9 Å². The van der Waals surface area contributed by atoms with Gasteiger partial charge >= 0.3 is 11.9 Å². The Kier molecular flexibility index (Phi) is 65.2. The van der Waals surface area contributed by atoms with E-state index < -0.39 is 32.5 Å². The molecular formula is C80H132NO8P. The van der Waals surface area contributed by atoms with Gasteiger partial charge in [0.1, 0.15) is 19.8 Å². The molecule has 0 N–H and O–H groups in total. The molecule has 0 aromatic heterocycles. The van der Waals surface area contributed by atoms with Crippen LogP contribution >= 0.6 is 7.82 Å². The number of phosphoric acid groups is 1. The van der Waals surface area contributed by atoms with Crippen LogP contribution < -0.4 is 4.89 Å². The minimum Gasteiger partial charge on any atom is -0.756 e. The highest BCUT2D eigenvalue weighted by molar-refractivity contribution is 7.45. The molecule has 0 bridgehead atoms. The molecular weight excluding hydrogens is 1130 g/mol. The maximum absolute atomic E-state index is 12.9. The molecule has 10 heteroatoms. The van der Waals surface area contributed by atoms with Gasteiger partial charge in [0.25, 0.3) is 7.82 Å². The highest BCUT2D eigenvalue weighted by Gasteiger charge is 2.22. The number of hydrogen-bond acceptors (Lipinski definition) is 8. The number of allylic oxidation sites excluding steroid dienone is 28. The third-order valence-electron chi connectivity index (χ3n) is 14.7. The number of ether oxygens (including phenoxy) is 2. The summed E-state index contributed by atoms with van der Waals surface area (Å²) >= 11 is 0. The second-order valence-corrected chi connectivity index (χ2v) is 25.9. The molecule has 0 aromatic carbocycles. The van der Waals surface area contributed by atoms with Gasteiger partial charge in [0.2, 0.25) is 0 Å². The summed E-state index contributed by atoms with van der Waals surface area (Å²) in [6.45, 7) is 3.99. The zero-order valence-electron chi connectivity index (χ0n) is 58.0. The van der Waals surface area contributed by atoms with Crippen molar-refractivity contribution in [3.8, 4) is 0 Å². The third-order valence-corrected chi connectivity index (χ3v) is 15.7. The summed E-state index contributed by atoms with van der Waals surface area (Å²) in [6.07, 6.45) is 104. The molecule has 0 aromatic rings. The van der Waals surface area contributed by atoms with Crippen molar-refractivity contribution in [2.45, 2.75) is 277 Å². The number of likely N-dealkylation sites (N-methyl/N-ethyl adjacent to an activating group) is 1. The van der Waals surface area contributed by atoms with Crippen molar-refractivity contribution in [3.63, 3.8) is 0 Å². The number of carbonyl (C=O) groups is 2. The lowest BCUT2D eigenvalue weighted by molar-refractivity contribution is -0.870. The molecule has 510 valence electrons. The predicted molar refractivity (Wildman–Crippen MR) is 387 cm³/mol. The molecule has 0 fully saturated rings. The fourth-order valence-corrected chi connectivity index (χ4v) is 10.1. The van der Waals surface area contributed by atoms with Crippen LogP contribution in [-0.4, -0.2) is 70.0 Å². The topological polar surface area (TPSA) is 111 Å². The van der Waals surface area contributed by atoms with Crippen molar-refractivity contribution in [1.82, 2.24) is 0 Å². The number of quaternary nitrogens is 1. The summed E-state index contributed by atoms with van der Waals surface area (Å²) in [5, 5.41) is 0. The Morgan fingerprint density at radius 2 is 0.600 bits per heavy atom. The number of rotatable bonds is 64. The van der Waals surface area contributed by atoms with E-state index in [4.69, 9.17) is 18.5 Å². The first-order valence-electron chi connectivity index (χ1n) is 35.8. The highest BCUT2D eigenvalue weighted by Crippen LogP contribution is 2.38. The number of hydrogen-bond donors (Lipinski definition) is 0. The van der Waals surface area contributed by atoms with Gasteiger partial charge in [-0.15, -0.1) is 0 Å². The van der Waals surface area contributed by atoms with Crippen LogP contribution in [0.4, 0.5) is 0 Å². The average Bonchev–Trinajstić information content (AvgIpc) is 3.58. The van der Waals surface area contributed by atoms with E-state index >= 15 is 0 Å². The summed E-state index contributed by atoms with van der Waals surface area (Å²) in [4.78, 5) is 38.1. The first-order chi connectivity index (χ1) is 44.0. The van der Waals surface area contributed by atoms with E-state index in [0.717, 1.165) is 135 Å². The Morgan fingerprint density at radius 3 is 0.889 bits per heavy atom. The normalized spacial score (nSPS) is 14.2. The van der Waals surface area contributed by atoms with Gasteiger partial charge in [0.15, 0.2) is 6.10 Å². The number of carbonyl (C=O) groups excluding carboxylic acids is 2. The predicted octanol–water partition coefficient (Wildman–Crippen LogP) is 23.1. The molecule has 0 rings (SSSR count). The summed E-state index contributed by atoms with van der Waals surface area (Å²) in [7, 11) is 1.14. The third kappa shape index (κ3) is 72.4. The Bertz CT molecular complexity index is 2130. The Morgan fingerprint density at radius 1 is 0.344 bits per heavy atom. The number of nitrogens with zero attached hydrogens (tertiary/aromatic N) is 1. The summed E-state index contributed by atoms with van der Waals surface area (Å²) in [6, 6.07) is 0. The monoisotopic (exact) mass is 1270 g/mol. The summed E-state index contributed by atoms with van der Waals surface area (Å²) in [5.41, 5.74) is 0. The number of unbranched alkanes of at least 4 members (excludes halogenated alkanes) is 22. The van der Waals surface area contributed by atoms with Gasteiger partial charge in [-0.2, -0.15) is 0 Å². The van der Waals surface area contributed by atoms with E-state index in [1.807, 2.05) is 21.1 Å². The van der Waals surface area contributed by atoms with Crippen LogP contribution in [-0.2, 0) is 32.7 Å². The molecule has 90 heavy (non-hydrogen) atoms. The van der Waals surface area contributed by atoms with Crippen LogP contribution in [0, 0.1) is 0 Å². The van der Waals surface area contributed by atoms with Gasteiger partial charge < -0.3 is 27.9 Å². The molecule has 0 aliphatic rings. The van der Waals surface area contributed by atoms with Crippen molar-refractivity contribution in [2.75, 3.05) is 47.5 Å². The van der Waals surface area contributed by atoms with Gasteiger partial charge in [-0.25, -0.2) is 0 Å². The minimum atomic E-state index is -4.66. The molecule has 0 saturated heterocycles. The number of esters is 2. The Labute approximate surface area is 553 Å². The van der Waals surface area contributed by atoms with E-state index in [9.17, 15) is 19.0 Å². The average molecular weight is 1270 g/mol. The van der Waals surface area contributed by atoms with Crippen molar-refractivity contribution < 1.29 is 42.1 Å². The molecule has 0 spiro atoms. The molecule has 0 saturated carbocycles. The van der Waals surface area contributed by atoms with Crippen molar-refractivity contribution in [2.24, 2.45) is 0 Å². The van der Waals surface area contributed by atoms with E-state index in [2.05, 4.69) is 184 Å². The van der Waals surface area contributed by atoms with Gasteiger partial charge in [0.05, 0.1) is 27.7 Å². The van der Waals surface area contributed by atoms with E-state index in [1.165, 1.54) is 96.3 Å². The Balaban J connectivity index is 4.10. The fraction of sp³-hybridized carbons (Fsp3) is 0.625. The second-order valence-electron chi connectivity index (χ2n) is 24.5. The van der Waals surface area contributed by atoms with Gasteiger partial charge in [0, 0.05) is 12.8 Å². The molecule has 0 aliphatic carbocycles. The lowest BCUT2D eigenvalue weighted by Gasteiger charge is -2.28. The van der Waals surface area contributed by atoms with Crippen LogP contribution in [0.2, 0.25) is 0 Å². The van der Waals surface area contributed by atoms with E-state index in [-0.39, 0.29) is 26.1 Å².